The van der Waals surface area contributed by atoms with E-state index in [0.717, 1.165) is 19.3 Å². The summed E-state index contributed by atoms with van der Waals surface area (Å²) in [7, 11) is -3.83. The maximum atomic E-state index is 12.1. The number of fused-ring (bicyclic) bond motifs is 1. The highest BCUT2D eigenvalue weighted by molar-refractivity contribution is 7.90. The number of hydrogen-bond donors (Lipinski definition) is 2. The van der Waals surface area contributed by atoms with Crippen molar-refractivity contribution in [1.29, 1.82) is 0 Å². The summed E-state index contributed by atoms with van der Waals surface area (Å²) in [6, 6.07) is 4.09. The fraction of sp³-hybridized carbons (Fsp3) is 0.500. The van der Waals surface area contributed by atoms with Gasteiger partial charge in [-0.25, -0.2) is 13.1 Å². The summed E-state index contributed by atoms with van der Waals surface area (Å²) in [5.41, 5.74) is 0.326. The molecule has 0 aliphatic carbocycles. The van der Waals surface area contributed by atoms with Crippen molar-refractivity contribution in [3.63, 3.8) is 0 Å². The fourth-order valence-corrected chi connectivity index (χ4v) is 3.71. The first-order chi connectivity index (χ1) is 11.0. The second kappa shape index (κ2) is 7.59. The molecule has 0 fully saturated rings. The van der Waals surface area contributed by atoms with E-state index in [4.69, 9.17) is 0 Å². The number of rotatable bonds is 8. The average molecular weight is 338 g/mol. The number of carbonyl (C=O) groups excluding carboxylic acids is 2. The molecule has 1 aliphatic heterocycles. The molecule has 0 spiro atoms. The minimum atomic E-state index is -3.83. The summed E-state index contributed by atoms with van der Waals surface area (Å²) in [4.78, 5) is 23.4. The maximum Gasteiger partial charge on any atom is 0.266 e. The van der Waals surface area contributed by atoms with Gasteiger partial charge in [0.1, 0.15) is 4.90 Å². The highest BCUT2D eigenvalue weighted by Crippen LogP contribution is 2.23. The minimum Gasteiger partial charge on any atom is -0.352 e. The molecule has 2 N–H and O–H groups in total. The van der Waals surface area contributed by atoms with Crippen LogP contribution in [0.4, 0.5) is 0 Å². The van der Waals surface area contributed by atoms with Crippen LogP contribution in [0.2, 0.25) is 0 Å². The first-order valence-corrected chi connectivity index (χ1v) is 9.43. The van der Waals surface area contributed by atoms with Crippen molar-refractivity contribution in [2.45, 2.75) is 50.3 Å². The van der Waals surface area contributed by atoms with E-state index in [9.17, 15) is 18.0 Å². The second-order valence-electron chi connectivity index (χ2n) is 5.67. The fourth-order valence-electron chi connectivity index (χ4n) is 2.51. The standard InChI is InChI=1S/C16H22N2O4S/c1-2-3-4-5-6-7-10-17-15(19)12-8-9-13-14(11-12)23(21,22)18-16(13)20/h8-9,11H,2-7,10H2,1H3,(H,17,19)(H,18,20). The molecule has 23 heavy (non-hydrogen) atoms. The van der Waals surface area contributed by atoms with Gasteiger partial charge in [0.05, 0.1) is 5.56 Å². The van der Waals surface area contributed by atoms with Gasteiger partial charge in [0.2, 0.25) is 0 Å². The lowest BCUT2D eigenvalue weighted by molar-refractivity contribution is 0.0948. The number of unbranched alkanes of at least 4 members (excludes halogenated alkanes) is 5. The molecule has 1 aliphatic rings. The van der Waals surface area contributed by atoms with Crippen LogP contribution in [0.5, 0.6) is 0 Å². The average Bonchev–Trinajstić information content (AvgIpc) is 2.75. The molecule has 0 saturated heterocycles. The Morgan fingerprint density at radius 3 is 2.57 bits per heavy atom. The summed E-state index contributed by atoms with van der Waals surface area (Å²) in [6.07, 6.45) is 6.79. The third-order valence-corrected chi connectivity index (χ3v) is 5.19. The number of hydrogen-bond acceptors (Lipinski definition) is 4. The first-order valence-electron chi connectivity index (χ1n) is 7.95. The molecule has 7 heteroatoms. The van der Waals surface area contributed by atoms with Crippen LogP contribution in [0.15, 0.2) is 23.1 Å². The molecule has 0 saturated carbocycles. The topological polar surface area (TPSA) is 92.3 Å². The quantitative estimate of drug-likeness (QED) is 0.711. The molecule has 126 valence electrons. The maximum absolute atomic E-state index is 12.1. The SMILES string of the molecule is CCCCCCCCNC(=O)c1ccc2c(c1)S(=O)(=O)NC2=O. The third-order valence-electron chi connectivity index (χ3n) is 3.82. The van der Waals surface area contributed by atoms with Gasteiger partial charge in [-0.2, -0.15) is 0 Å². The van der Waals surface area contributed by atoms with Crippen LogP contribution in [-0.4, -0.2) is 26.8 Å². The van der Waals surface area contributed by atoms with Crippen LogP contribution in [0.3, 0.4) is 0 Å². The summed E-state index contributed by atoms with van der Waals surface area (Å²) in [6.45, 7) is 2.73. The predicted octanol–water partition coefficient (Wildman–Crippen LogP) is 2.21. The van der Waals surface area contributed by atoms with Gasteiger partial charge < -0.3 is 5.32 Å². The molecular weight excluding hydrogens is 316 g/mol. The Kier molecular flexibility index (Phi) is 5.76. The van der Waals surface area contributed by atoms with Gasteiger partial charge in [-0.05, 0) is 24.6 Å². The Bertz CT molecular complexity index is 698. The molecule has 6 nitrogen and oxygen atoms in total. The zero-order valence-corrected chi connectivity index (χ0v) is 14.0. The van der Waals surface area contributed by atoms with Crippen LogP contribution in [0, 0.1) is 0 Å². The molecule has 2 amide bonds. The van der Waals surface area contributed by atoms with E-state index in [1.807, 2.05) is 4.72 Å². The van der Waals surface area contributed by atoms with E-state index in [0.29, 0.717) is 6.54 Å². The van der Waals surface area contributed by atoms with Gasteiger partial charge in [0.25, 0.3) is 21.8 Å². The van der Waals surface area contributed by atoms with Crippen molar-refractivity contribution >= 4 is 21.8 Å². The monoisotopic (exact) mass is 338 g/mol. The Balaban J connectivity index is 1.88. The van der Waals surface area contributed by atoms with Gasteiger partial charge in [-0.1, -0.05) is 39.0 Å². The molecule has 1 aromatic carbocycles. The van der Waals surface area contributed by atoms with Crippen molar-refractivity contribution in [2.24, 2.45) is 0 Å². The van der Waals surface area contributed by atoms with Crippen molar-refractivity contribution in [1.82, 2.24) is 10.0 Å². The third kappa shape index (κ3) is 4.31. The van der Waals surface area contributed by atoms with E-state index in [1.165, 1.54) is 37.5 Å². The van der Waals surface area contributed by atoms with Crippen molar-refractivity contribution in [2.75, 3.05) is 6.54 Å². The smallest absolute Gasteiger partial charge is 0.266 e. The summed E-state index contributed by atoms with van der Waals surface area (Å²) in [5.74, 6) is -0.977. The molecule has 0 bridgehead atoms. The van der Waals surface area contributed by atoms with Crippen molar-refractivity contribution in [3.8, 4) is 0 Å². The van der Waals surface area contributed by atoms with Crippen LogP contribution in [0.1, 0.15) is 66.2 Å². The number of benzene rings is 1. The molecule has 1 aromatic rings. The van der Waals surface area contributed by atoms with Crippen LogP contribution < -0.4 is 10.0 Å². The molecule has 0 radical (unpaired) electrons. The summed E-state index contributed by atoms with van der Waals surface area (Å²) < 4.78 is 25.4. The van der Waals surface area contributed by atoms with Gasteiger partial charge in [-0.3, -0.25) is 9.59 Å². The number of amides is 2. The lowest BCUT2D eigenvalue weighted by Crippen LogP contribution is -2.24. The Hall–Kier alpha value is -1.89. The van der Waals surface area contributed by atoms with Crippen LogP contribution >= 0.6 is 0 Å². The van der Waals surface area contributed by atoms with Gasteiger partial charge in [-0.15, -0.1) is 0 Å². The second-order valence-corrected chi connectivity index (χ2v) is 7.32. The Morgan fingerprint density at radius 1 is 1.13 bits per heavy atom. The highest BCUT2D eigenvalue weighted by Gasteiger charge is 2.32. The van der Waals surface area contributed by atoms with Crippen LogP contribution in [-0.2, 0) is 10.0 Å². The van der Waals surface area contributed by atoms with Crippen molar-refractivity contribution < 1.29 is 18.0 Å². The molecule has 1 heterocycles. The summed E-state index contributed by atoms with van der Waals surface area (Å²) >= 11 is 0. The van der Waals surface area contributed by atoms with E-state index in [2.05, 4.69) is 12.2 Å². The molecule has 2 rings (SSSR count). The Labute approximate surface area is 136 Å². The molecular formula is C16H22N2O4S. The zero-order valence-electron chi connectivity index (χ0n) is 13.2. The number of carbonyl (C=O) groups is 2. The normalized spacial score (nSPS) is 15.1. The minimum absolute atomic E-state index is 0.0810. The number of nitrogens with one attached hydrogen (secondary N) is 2. The lowest BCUT2D eigenvalue weighted by Gasteiger charge is -2.06. The van der Waals surface area contributed by atoms with Gasteiger partial charge in [0, 0.05) is 12.1 Å². The molecule has 0 atom stereocenters. The van der Waals surface area contributed by atoms with Gasteiger partial charge in [0.15, 0.2) is 0 Å². The first kappa shape index (κ1) is 17.5. The van der Waals surface area contributed by atoms with E-state index in [-0.39, 0.29) is 21.9 Å². The van der Waals surface area contributed by atoms with Crippen molar-refractivity contribution in [3.05, 3.63) is 29.3 Å². The summed E-state index contributed by atoms with van der Waals surface area (Å²) in [5, 5.41) is 2.78. The Morgan fingerprint density at radius 2 is 1.83 bits per heavy atom. The predicted molar refractivity (Wildman–Crippen MR) is 86.8 cm³/mol. The molecule has 0 aromatic heterocycles. The molecule has 0 unspecified atom stereocenters. The number of sulfonamides is 1. The highest BCUT2D eigenvalue weighted by atomic mass is 32.2. The van der Waals surface area contributed by atoms with E-state index < -0.39 is 15.9 Å². The van der Waals surface area contributed by atoms with Gasteiger partial charge >= 0.3 is 0 Å². The zero-order chi connectivity index (χ0) is 16.9. The van der Waals surface area contributed by atoms with Crippen LogP contribution in [0.25, 0.3) is 0 Å². The largest absolute Gasteiger partial charge is 0.352 e. The lowest BCUT2D eigenvalue weighted by atomic mass is 10.1. The van der Waals surface area contributed by atoms with E-state index >= 15 is 0 Å². The van der Waals surface area contributed by atoms with E-state index in [1.54, 1.807) is 0 Å².